The van der Waals surface area contributed by atoms with Crippen LogP contribution in [0, 0.1) is 6.92 Å². The first-order valence-electron chi connectivity index (χ1n) is 6.65. The summed E-state index contributed by atoms with van der Waals surface area (Å²) in [6, 6.07) is 16.0. The number of fused-ring (bicyclic) bond motifs is 1. The highest BCUT2D eigenvalue weighted by atomic mass is 16.5. The molecule has 0 saturated carbocycles. The highest BCUT2D eigenvalue weighted by Crippen LogP contribution is 2.22. The Kier molecular flexibility index (Phi) is 3.44. The van der Waals surface area contributed by atoms with E-state index in [9.17, 15) is 0 Å². The molecule has 1 heterocycles. The predicted octanol–water partition coefficient (Wildman–Crippen LogP) is 3.78. The standard InChI is InChI=1S/C17H17NO2/c1-12-2-6-15(7-3-12)19-11-16-9-14-5-4-13(10-18)8-17(14)20-16/h2-9H,10-11,18H2,1H3. The number of benzene rings is 2. The summed E-state index contributed by atoms with van der Waals surface area (Å²) in [4.78, 5) is 0. The molecule has 0 aliphatic heterocycles. The molecule has 0 bridgehead atoms. The van der Waals surface area contributed by atoms with Crippen LogP contribution in [-0.2, 0) is 13.2 Å². The number of ether oxygens (including phenoxy) is 1. The van der Waals surface area contributed by atoms with Crippen LogP contribution in [0.15, 0.2) is 52.9 Å². The summed E-state index contributed by atoms with van der Waals surface area (Å²) in [5.74, 6) is 1.66. The van der Waals surface area contributed by atoms with Gasteiger partial charge in [-0.2, -0.15) is 0 Å². The van der Waals surface area contributed by atoms with Crippen LogP contribution < -0.4 is 10.5 Å². The van der Waals surface area contributed by atoms with Crippen molar-refractivity contribution in [2.45, 2.75) is 20.1 Å². The molecule has 3 rings (SSSR count). The molecule has 3 heteroatoms. The van der Waals surface area contributed by atoms with Gasteiger partial charge in [0, 0.05) is 11.9 Å². The average Bonchev–Trinajstić information content (AvgIpc) is 2.88. The van der Waals surface area contributed by atoms with Gasteiger partial charge < -0.3 is 14.9 Å². The molecular weight excluding hydrogens is 250 g/mol. The lowest BCUT2D eigenvalue weighted by atomic mass is 10.2. The zero-order valence-electron chi connectivity index (χ0n) is 11.4. The maximum Gasteiger partial charge on any atom is 0.146 e. The van der Waals surface area contributed by atoms with Gasteiger partial charge in [-0.25, -0.2) is 0 Å². The molecule has 0 amide bonds. The molecule has 0 radical (unpaired) electrons. The summed E-state index contributed by atoms with van der Waals surface area (Å²) < 4.78 is 11.5. The van der Waals surface area contributed by atoms with E-state index in [-0.39, 0.29) is 0 Å². The molecule has 2 aromatic carbocycles. The summed E-state index contributed by atoms with van der Waals surface area (Å²) >= 11 is 0. The van der Waals surface area contributed by atoms with Gasteiger partial charge in [-0.15, -0.1) is 0 Å². The summed E-state index contributed by atoms with van der Waals surface area (Å²) in [6.45, 7) is 3.00. The van der Waals surface area contributed by atoms with Crippen LogP contribution in [0.1, 0.15) is 16.9 Å². The van der Waals surface area contributed by atoms with Crippen molar-refractivity contribution in [3.63, 3.8) is 0 Å². The molecule has 0 spiro atoms. The Morgan fingerprint density at radius 1 is 1.05 bits per heavy atom. The quantitative estimate of drug-likeness (QED) is 0.782. The molecule has 0 fully saturated rings. The van der Waals surface area contributed by atoms with Crippen molar-refractivity contribution in [3.05, 3.63) is 65.4 Å². The lowest BCUT2D eigenvalue weighted by Gasteiger charge is -2.03. The lowest BCUT2D eigenvalue weighted by Crippen LogP contribution is -1.94. The van der Waals surface area contributed by atoms with Crippen molar-refractivity contribution in [2.24, 2.45) is 5.73 Å². The van der Waals surface area contributed by atoms with Gasteiger partial charge in [0.05, 0.1) is 0 Å². The van der Waals surface area contributed by atoms with E-state index in [0.29, 0.717) is 13.2 Å². The second-order valence-corrected chi connectivity index (χ2v) is 4.89. The van der Waals surface area contributed by atoms with Gasteiger partial charge in [0.2, 0.25) is 0 Å². The number of hydrogen-bond donors (Lipinski definition) is 1. The van der Waals surface area contributed by atoms with Gasteiger partial charge in [0.15, 0.2) is 0 Å². The van der Waals surface area contributed by atoms with E-state index in [0.717, 1.165) is 28.0 Å². The van der Waals surface area contributed by atoms with Crippen LogP contribution in [-0.4, -0.2) is 0 Å². The van der Waals surface area contributed by atoms with Crippen molar-refractivity contribution < 1.29 is 9.15 Å². The molecular formula is C17H17NO2. The fraction of sp³-hybridized carbons (Fsp3) is 0.176. The number of furan rings is 1. The van der Waals surface area contributed by atoms with Crippen LogP contribution in [0.3, 0.4) is 0 Å². The topological polar surface area (TPSA) is 48.4 Å². The van der Waals surface area contributed by atoms with Crippen LogP contribution in [0.2, 0.25) is 0 Å². The van der Waals surface area contributed by atoms with E-state index in [1.54, 1.807) is 0 Å². The van der Waals surface area contributed by atoms with Gasteiger partial charge in [0.25, 0.3) is 0 Å². The fourth-order valence-corrected chi connectivity index (χ4v) is 2.12. The van der Waals surface area contributed by atoms with Gasteiger partial charge >= 0.3 is 0 Å². The third-order valence-corrected chi connectivity index (χ3v) is 3.27. The third kappa shape index (κ3) is 2.68. The molecule has 102 valence electrons. The maximum absolute atomic E-state index is 5.78. The first-order valence-corrected chi connectivity index (χ1v) is 6.65. The van der Waals surface area contributed by atoms with Crippen molar-refractivity contribution >= 4 is 11.0 Å². The van der Waals surface area contributed by atoms with Crippen LogP contribution in [0.5, 0.6) is 5.75 Å². The molecule has 2 N–H and O–H groups in total. The summed E-state index contributed by atoms with van der Waals surface area (Å²) in [6.07, 6.45) is 0. The SMILES string of the molecule is Cc1ccc(OCc2cc3ccc(CN)cc3o2)cc1. The van der Waals surface area contributed by atoms with Gasteiger partial charge in [-0.3, -0.25) is 0 Å². The van der Waals surface area contributed by atoms with Crippen molar-refractivity contribution in [3.8, 4) is 5.75 Å². The Morgan fingerprint density at radius 2 is 1.85 bits per heavy atom. The third-order valence-electron chi connectivity index (χ3n) is 3.27. The molecule has 0 unspecified atom stereocenters. The minimum Gasteiger partial charge on any atom is -0.486 e. The number of nitrogens with two attached hydrogens (primary N) is 1. The van der Waals surface area contributed by atoms with Crippen LogP contribution in [0.25, 0.3) is 11.0 Å². The van der Waals surface area contributed by atoms with Crippen LogP contribution in [0.4, 0.5) is 0 Å². The predicted molar refractivity (Wildman–Crippen MR) is 79.6 cm³/mol. The Morgan fingerprint density at radius 3 is 2.60 bits per heavy atom. The average molecular weight is 267 g/mol. The summed E-state index contributed by atoms with van der Waals surface area (Å²) in [5, 5.41) is 1.07. The molecule has 1 aromatic heterocycles. The van der Waals surface area contributed by atoms with E-state index in [1.807, 2.05) is 48.5 Å². The number of hydrogen-bond acceptors (Lipinski definition) is 3. The molecule has 3 nitrogen and oxygen atoms in total. The van der Waals surface area contributed by atoms with E-state index < -0.39 is 0 Å². The monoisotopic (exact) mass is 267 g/mol. The zero-order valence-corrected chi connectivity index (χ0v) is 11.4. The number of rotatable bonds is 4. The van der Waals surface area contributed by atoms with Crippen molar-refractivity contribution in [2.75, 3.05) is 0 Å². The normalized spacial score (nSPS) is 10.9. The Bertz CT molecular complexity index is 713. The van der Waals surface area contributed by atoms with Gasteiger partial charge in [0.1, 0.15) is 23.7 Å². The van der Waals surface area contributed by atoms with Crippen LogP contribution >= 0.6 is 0 Å². The smallest absolute Gasteiger partial charge is 0.146 e. The van der Waals surface area contributed by atoms with Gasteiger partial charge in [-0.05, 0) is 36.8 Å². The molecule has 0 atom stereocenters. The first kappa shape index (κ1) is 12.8. The minimum absolute atomic E-state index is 0.426. The molecule has 0 saturated heterocycles. The molecule has 0 aliphatic carbocycles. The van der Waals surface area contributed by atoms with Gasteiger partial charge in [-0.1, -0.05) is 29.8 Å². The largest absolute Gasteiger partial charge is 0.486 e. The molecule has 20 heavy (non-hydrogen) atoms. The molecule has 3 aromatic rings. The summed E-state index contributed by atoms with van der Waals surface area (Å²) in [5.41, 5.74) is 8.77. The van der Waals surface area contributed by atoms with E-state index in [2.05, 4.69) is 6.92 Å². The fourth-order valence-electron chi connectivity index (χ4n) is 2.12. The second kappa shape index (κ2) is 5.39. The lowest BCUT2D eigenvalue weighted by molar-refractivity contribution is 0.274. The Balaban J connectivity index is 1.75. The first-order chi connectivity index (χ1) is 9.74. The van der Waals surface area contributed by atoms with E-state index >= 15 is 0 Å². The summed E-state index contributed by atoms with van der Waals surface area (Å²) in [7, 11) is 0. The Hall–Kier alpha value is -2.26. The van der Waals surface area contributed by atoms with Crippen molar-refractivity contribution in [1.82, 2.24) is 0 Å². The minimum atomic E-state index is 0.426. The second-order valence-electron chi connectivity index (χ2n) is 4.89. The van der Waals surface area contributed by atoms with E-state index in [1.165, 1.54) is 5.56 Å². The zero-order chi connectivity index (χ0) is 13.9. The van der Waals surface area contributed by atoms with E-state index in [4.69, 9.17) is 14.9 Å². The highest BCUT2D eigenvalue weighted by molar-refractivity contribution is 5.78. The highest BCUT2D eigenvalue weighted by Gasteiger charge is 2.05. The van der Waals surface area contributed by atoms with Crippen molar-refractivity contribution in [1.29, 1.82) is 0 Å². The number of aryl methyl sites for hydroxylation is 1. The maximum atomic E-state index is 5.78. The molecule has 0 aliphatic rings. The Labute approximate surface area is 118 Å².